The molecule has 14 heteroatoms. The van der Waals surface area contributed by atoms with E-state index in [9.17, 15) is 13.2 Å². The van der Waals surface area contributed by atoms with E-state index in [1.807, 2.05) is 12.1 Å². The molecule has 0 spiro atoms. The van der Waals surface area contributed by atoms with E-state index in [1.54, 1.807) is 44.2 Å². The van der Waals surface area contributed by atoms with Crippen LogP contribution < -0.4 is 11.4 Å². The number of hydrogen-bond donors (Lipinski definition) is 3. The van der Waals surface area contributed by atoms with Gasteiger partial charge in [0.25, 0.3) is 10.0 Å². The van der Waals surface area contributed by atoms with Crippen molar-refractivity contribution in [2.75, 3.05) is 5.73 Å². The molecule has 4 aromatic rings. The Hall–Kier alpha value is -3.74. The third-order valence-corrected chi connectivity index (χ3v) is 7.16. The van der Waals surface area contributed by atoms with Crippen molar-refractivity contribution in [2.24, 2.45) is 4.40 Å². The Morgan fingerprint density at radius 3 is 2.54 bits per heavy atom. The number of sulfonamides is 1. The minimum atomic E-state index is -3.54. The number of aromatic amines is 2. The average molecular weight is 564 g/mol. The van der Waals surface area contributed by atoms with Gasteiger partial charge in [0.05, 0.1) is 33.9 Å². The molecule has 5 rings (SSSR count). The standard InChI is InChI=1S/C23H21N7O4S.2ClH/c1-12(2)35(32,33)30-15-6-3-13(4-7-15)19-11-25-22(24)21(26-19)20-10-17(29-34-20)14-5-8-16-18(9-14)28-23(31)27-16;;/h3-6,8-12H,7H2,1-2H3,(H2,24,25)(H2,27,28,31);2*1H. The van der Waals surface area contributed by atoms with Gasteiger partial charge in [-0.3, -0.25) is 0 Å². The van der Waals surface area contributed by atoms with Crippen LogP contribution in [0.3, 0.4) is 0 Å². The highest BCUT2D eigenvalue weighted by Gasteiger charge is 2.18. The highest BCUT2D eigenvalue weighted by Crippen LogP contribution is 2.30. The third-order valence-electron chi connectivity index (χ3n) is 5.48. The van der Waals surface area contributed by atoms with Crippen molar-refractivity contribution in [3.8, 4) is 22.7 Å². The predicted octanol–water partition coefficient (Wildman–Crippen LogP) is 3.92. The quantitative estimate of drug-likeness (QED) is 0.327. The molecule has 11 nitrogen and oxygen atoms in total. The van der Waals surface area contributed by atoms with Crippen LogP contribution in [-0.2, 0) is 10.0 Å². The number of nitrogen functional groups attached to an aromatic ring is 1. The highest BCUT2D eigenvalue weighted by atomic mass is 35.5. The summed E-state index contributed by atoms with van der Waals surface area (Å²) < 4.78 is 33.5. The molecular weight excluding hydrogens is 541 g/mol. The number of nitrogens with two attached hydrogens (primary N) is 1. The van der Waals surface area contributed by atoms with Crippen LogP contribution in [0.4, 0.5) is 5.82 Å². The van der Waals surface area contributed by atoms with Gasteiger partial charge >= 0.3 is 5.69 Å². The van der Waals surface area contributed by atoms with Crippen LogP contribution in [0.5, 0.6) is 0 Å². The molecule has 0 fully saturated rings. The van der Waals surface area contributed by atoms with Crippen molar-refractivity contribution in [3.05, 3.63) is 64.9 Å². The molecule has 0 radical (unpaired) electrons. The number of nitrogens with one attached hydrogen (secondary N) is 2. The molecule has 0 unspecified atom stereocenters. The van der Waals surface area contributed by atoms with Crippen LogP contribution in [0.1, 0.15) is 26.0 Å². The first-order valence-electron chi connectivity index (χ1n) is 10.7. The van der Waals surface area contributed by atoms with Crippen LogP contribution in [0.2, 0.25) is 0 Å². The summed E-state index contributed by atoms with van der Waals surface area (Å²) in [5.41, 5.74) is 10.5. The van der Waals surface area contributed by atoms with Crippen LogP contribution in [-0.4, -0.2) is 44.5 Å². The lowest BCUT2D eigenvalue weighted by Crippen LogP contribution is -2.13. The fourth-order valence-corrected chi connectivity index (χ4v) is 4.17. The maximum absolute atomic E-state index is 12.0. The number of H-pyrrole nitrogens is 2. The Balaban J connectivity index is 0.00000190. The van der Waals surface area contributed by atoms with E-state index in [0.29, 0.717) is 46.0 Å². The number of anilines is 1. The normalized spacial score (nSPS) is 14.5. The van der Waals surface area contributed by atoms with Gasteiger partial charge in [-0.25, -0.2) is 23.2 Å². The molecule has 3 heterocycles. The second-order valence-electron chi connectivity index (χ2n) is 8.25. The SMILES string of the molecule is CC(C)S(=O)(=O)N=C1C=CC(c2cnc(N)c(-c3cc(-c4ccc5[nH]c(=O)[nH]c5c4)no3)n2)=CC1.Cl.Cl. The number of fused-ring (bicyclic) bond motifs is 1. The second kappa shape index (κ2) is 10.7. The van der Waals surface area contributed by atoms with E-state index in [2.05, 4.69) is 29.5 Å². The number of imidazole rings is 1. The zero-order valence-corrected chi connectivity index (χ0v) is 22.1. The summed E-state index contributed by atoms with van der Waals surface area (Å²) >= 11 is 0. The van der Waals surface area contributed by atoms with Crippen molar-refractivity contribution in [1.29, 1.82) is 0 Å². The van der Waals surface area contributed by atoms with Gasteiger partial charge in [-0.05, 0) is 37.6 Å². The molecule has 0 saturated carbocycles. The molecule has 0 atom stereocenters. The highest BCUT2D eigenvalue weighted by molar-refractivity contribution is 7.90. The molecule has 1 aliphatic carbocycles. The topological polar surface area (TPSA) is 173 Å². The smallest absolute Gasteiger partial charge is 0.323 e. The number of halogens is 2. The van der Waals surface area contributed by atoms with Crippen molar-refractivity contribution in [3.63, 3.8) is 0 Å². The van der Waals surface area contributed by atoms with E-state index < -0.39 is 15.3 Å². The number of allylic oxidation sites excluding steroid dienone is 4. The molecule has 0 saturated heterocycles. The Morgan fingerprint density at radius 1 is 1.08 bits per heavy atom. The monoisotopic (exact) mass is 563 g/mol. The maximum Gasteiger partial charge on any atom is 0.323 e. The molecule has 0 bridgehead atoms. The molecule has 3 aromatic heterocycles. The summed E-state index contributed by atoms with van der Waals surface area (Å²) in [6, 6.07) is 7.08. The van der Waals surface area contributed by atoms with E-state index >= 15 is 0 Å². The van der Waals surface area contributed by atoms with Gasteiger partial charge in [0.15, 0.2) is 17.3 Å². The van der Waals surface area contributed by atoms with E-state index in [4.69, 9.17) is 10.3 Å². The molecule has 0 aliphatic heterocycles. The number of aromatic nitrogens is 5. The molecule has 0 amide bonds. The summed E-state index contributed by atoms with van der Waals surface area (Å²) in [6.45, 7) is 3.18. The van der Waals surface area contributed by atoms with Crippen LogP contribution in [0.25, 0.3) is 39.3 Å². The predicted molar refractivity (Wildman–Crippen MR) is 148 cm³/mol. The van der Waals surface area contributed by atoms with Crippen LogP contribution in [0.15, 0.2) is 62.4 Å². The number of rotatable bonds is 5. The zero-order valence-electron chi connectivity index (χ0n) is 19.6. The molecule has 37 heavy (non-hydrogen) atoms. The van der Waals surface area contributed by atoms with Gasteiger partial charge < -0.3 is 20.2 Å². The van der Waals surface area contributed by atoms with Gasteiger partial charge in [-0.2, -0.15) is 4.40 Å². The summed E-state index contributed by atoms with van der Waals surface area (Å²) in [5.74, 6) is 0.507. The average Bonchev–Trinajstić information content (AvgIpc) is 3.45. The van der Waals surface area contributed by atoms with E-state index in [0.717, 1.165) is 11.1 Å². The first-order valence-corrected chi connectivity index (χ1v) is 12.2. The summed E-state index contributed by atoms with van der Waals surface area (Å²) in [4.78, 5) is 25.8. The zero-order chi connectivity index (χ0) is 24.7. The van der Waals surface area contributed by atoms with E-state index in [-0.39, 0.29) is 36.3 Å². The van der Waals surface area contributed by atoms with E-state index in [1.165, 1.54) is 6.20 Å². The fourth-order valence-electron chi connectivity index (χ4n) is 3.50. The van der Waals surface area contributed by atoms with Gasteiger partial charge in [-0.15, -0.1) is 24.8 Å². The Bertz CT molecular complexity index is 1720. The molecular formula is C23H23Cl2N7O4S. The minimum absolute atomic E-state index is 0. The molecule has 194 valence electrons. The number of benzene rings is 1. The van der Waals surface area contributed by atoms with Gasteiger partial charge in [0, 0.05) is 18.1 Å². The lowest BCUT2D eigenvalue weighted by atomic mass is 10.0. The lowest BCUT2D eigenvalue weighted by molar-refractivity contribution is 0.433. The first kappa shape index (κ1) is 27.8. The molecule has 1 aliphatic rings. The molecule has 4 N–H and O–H groups in total. The maximum atomic E-state index is 12.0. The summed E-state index contributed by atoms with van der Waals surface area (Å²) in [7, 11) is -3.54. The Kier molecular flexibility index (Phi) is 8.06. The van der Waals surface area contributed by atoms with Crippen molar-refractivity contribution in [2.45, 2.75) is 25.5 Å². The Labute approximate surface area is 223 Å². The van der Waals surface area contributed by atoms with Crippen LogP contribution >= 0.6 is 24.8 Å². The lowest BCUT2D eigenvalue weighted by Gasteiger charge is -2.10. The summed E-state index contributed by atoms with van der Waals surface area (Å²) in [5, 5.41) is 3.53. The fraction of sp³-hybridized carbons (Fsp3) is 0.174. The third kappa shape index (κ3) is 5.66. The van der Waals surface area contributed by atoms with Crippen molar-refractivity contribution >= 4 is 63.0 Å². The van der Waals surface area contributed by atoms with Crippen molar-refractivity contribution < 1.29 is 12.9 Å². The van der Waals surface area contributed by atoms with Crippen molar-refractivity contribution in [1.82, 2.24) is 25.1 Å². The van der Waals surface area contributed by atoms with Gasteiger partial charge in [-0.1, -0.05) is 23.4 Å². The summed E-state index contributed by atoms with van der Waals surface area (Å²) in [6.07, 6.45) is 7.10. The minimum Gasteiger partial charge on any atom is -0.382 e. The second-order valence-corrected chi connectivity index (χ2v) is 10.4. The molecule has 1 aromatic carbocycles. The van der Waals surface area contributed by atoms with Crippen LogP contribution in [0, 0.1) is 0 Å². The Morgan fingerprint density at radius 2 is 1.84 bits per heavy atom. The number of nitrogens with zero attached hydrogens (tertiary/aromatic N) is 4. The van der Waals surface area contributed by atoms with Gasteiger partial charge in [0.2, 0.25) is 0 Å². The van der Waals surface area contributed by atoms with Gasteiger partial charge in [0.1, 0.15) is 5.69 Å². The largest absolute Gasteiger partial charge is 0.382 e. The number of hydrogen-bond acceptors (Lipinski definition) is 8. The first-order chi connectivity index (χ1) is 16.7.